The monoisotopic (exact) mass is 440 g/mol. The summed E-state index contributed by atoms with van der Waals surface area (Å²) < 4.78 is 16.4. The average molecular weight is 441 g/mol. The first-order valence-electron chi connectivity index (χ1n) is 9.25. The molecule has 3 aromatic rings. The maximum absolute atomic E-state index is 11.0. The van der Waals surface area contributed by atoms with Gasteiger partial charge >= 0.3 is 0 Å². The molecule has 0 aliphatic heterocycles. The third kappa shape index (κ3) is 4.73. The molecule has 6 nitrogen and oxygen atoms in total. The maximum Gasteiger partial charge on any atom is 0.170 e. The standard InChI is InChI=1S/C24H21ClO6/c1-29-21-14-18(15-5-8-17(26)9-6-15)24(30-2)23(28)22(21)16-7-10-20(19(27)13-16)31-12-4-3-11-25/h5-10,13-14,26-28H,11-12H2,1-2H3. The molecule has 0 spiro atoms. The van der Waals surface area contributed by atoms with Crippen LogP contribution in [0.2, 0.25) is 0 Å². The molecule has 0 amide bonds. The topological polar surface area (TPSA) is 88.4 Å². The van der Waals surface area contributed by atoms with Crippen LogP contribution in [0.1, 0.15) is 0 Å². The van der Waals surface area contributed by atoms with Crippen molar-refractivity contribution in [1.82, 2.24) is 0 Å². The van der Waals surface area contributed by atoms with Gasteiger partial charge in [0.2, 0.25) is 0 Å². The van der Waals surface area contributed by atoms with Gasteiger partial charge in [0.1, 0.15) is 18.1 Å². The highest BCUT2D eigenvalue weighted by atomic mass is 35.5. The quantitative estimate of drug-likeness (QED) is 0.378. The first-order valence-corrected chi connectivity index (χ1v) is 9.78. The van der Waals surface area contributed by atoms with Crippen LogP contribution in [0, 0.1) is 11.8 Å². The fourth-order valence-corrected chi connectivity index (χ4v) is 3.23. The Morgan fingerprint density at radius 2 is 1.55 bits per heavy atom. The number of rotatable bonds is 6. The van der Waals surface area contributed by atoms with E-state index in [1.807, 2.05) is 0 Å². The second-order valence-corrected chi connectivity index (χ2v) is 6.66. The van der Waals surface area contributed by atoms with Gasteiger partial charge in [0.25, 0.3) is 0 Å². The molecule has 0 saturated carbocycles. The molecular weight excluding hydrogens is 420 g/mol. The lowest BCUT2D eigenvalue weighted by molar-refractivity contribution is 0.342. The minimum atomic E-state index is -0.147. The summed E-state index contributed by atoms with van der Waals surface area (Å²) in [5.74, 6) is 6.31. The molecule has 0 aliphatic carbocycles. The van der Waals surface area contributed by atoms with Crippen molar-refractivity contribution in [3.8, 4) is 68.6 Å². The number of alkyl halides is 1. The first kappa shape index (κ1) is 22.0. The van der Waals surface area contributed by atoms with Gasteiger partial charge in [-0.1, -0.05) is 30.0 Å². The van der Waals surface area contributed by atoms with Gasteiger partial charge in [0, 0.05) is 5.56 Å². The van der Waals surface area contributed by atoms with Crippen LogP contribution in [0.5, 0.6) is 34.5 Å². The number of aromatic hydroxyl groups is 3. The molecule has 31 heavy (non-hydrogen) atoms. The van der Waals surface area contributed by atoms with Crippen LogP contribution in [0.15, 0.2) is 48.5 Å². The highest BCUT2D eigenvalue weighted by Crippen LogP contribution is 2.50. The zero-order valence-corrected chi connectivity index (χ0v) is 17.7. The van der Waals surface area contributed by atoms with Crippen LogP contribution < -0.4 is 14.2 Å². The Labute approximate surface area is 185 Å². The number of hydrogen-bond acceptors (Lipinski definition) is 6. The zero-order chi connectivity index (χ0) is 22.4. The van der Waals surface area contributed by atoms with Gasteiger partial charge in [-0.15, -0.1) is 11.6 Å². The van der Waals surface area contributed by atoms with Crippen LogP contribution in [0.4, 0.5) is 0 Å². The summed E-state index contributed by atoms with van der Waals surface area (Å²) in [4.78, 5) is 0. The Kier molecular flexibility index (Phi) is 7.01. The third-order valence-electron chi connectivity index (χ3n) is 4.56. The van der Waals surface area contributed by atoms with Gasteiger partial charge in [0.15, 0.2) is 23.0 Å². The molecule has 0 bridgehead atoms. The second kappa shape index (κ2) is 9.88. The number of hydrogen-bond donors (Lipinski definition) is 3. The predicted molar refractivity (Wildman–Crippen MR) is 119 cm³/mol. The molecule has 0 fully saturated rings. The van der Waals surface area contributed by atoms with Crippen molar-refractivity contribution < 1.29 is 29.5 Å². The predicted octanol–water partition coefficient (Wildman–Crippen LogP) is 4.78. The van der Waals surface area contributed by atoms with Crippen LogP contribution in [-0.4, -0.2) is 42.0 Å². The summed E-state index contributed by atoms with van der Waals surface area (Å²) in [6, 6.07) is 12.9. The fourth-order valence-electron chi connectivity index (χ4n) is 3.14. The number of phenols is 3. The summed E-state index contributed by atoms with van der Waals surface area (Å²) in [5.41, 5.74) is 2.16. The largest absolute Gasteiger partial charge is 0.508 e. The van der Waals surface area contributed by atoms with Crippen molar-refractivity contribution in [2.45, 2.75) is 0 Å². The third-order valence-corrected chi connectivity index (χ3v) is 4.69. The molecular formula is C24H21ClO6. The van der Waals surface area contributed by atoms with Crippen molar-refractivity contribution in [1.29, 1.82) is 0 Å². The second-order valence-electron chi connectivity index (χ2n) is 6.39. The Balaban J connectivity index is 2.07. The molecule has 0 atom stereocenters. The van der Waals surface area contributed by atoms with E-state index in [4.69, 9.17) is 25.8 Å². The Morgan fingerprint density at radius 1 is 0.839 bits per heavy atom. The molecule has 7 heteroatoms. The number of ether oxygens (including phenoxy) is 3. The normalized spacial score (nSPS) is 10.2. The maximum atomic E-state index is 11.0. The van der Waals surface area contributed by atoms with Crippen LogP contribution in [0.3, 0.4) is 0 Å². The Hall–Kier alpha value is -3.69. The highest BCUT2D eigenvalue weighted by Gasteiger charge is 2.22. The van der Waals surface area contributed by atoms with Crippen molar-refractivity contribution >= 4 is 11.6 Å². The van der Waals surface area contributed by atoms with Crippen LogP contribution >= 0.6 is 11.6 Å². The van der Waals surface area contributed by atoms with Gasteiger partial charge in [-0.2, -0.15) is 0 Å². The van der Waals surface area contributed by atoms with Gasteiger partial charge in [-0.05, 0) is 41.5 Å². The van der Waals surface area contributed by atoms with Gasteiger partial charge < -0.3 is 29.5 Å². The molecule has 3 aromatic carbocycles. The van der Waals surface area contributed by atoms with E-state index in [1.54, 1.807) is 42.5 Å². The minimum absolute atomic E-state index is 0.0867. The molecule has 160 valence electrons. The van der Waals surface area contributed by atoms with Gasteiger partial charge in [-0.3, -0.25) is 0 Å². The summed E-state index contributed by atoms with van der Waals surface area (Å²) in [6.07, 6.45) is 0. The molecule has 0 unspecified atom stereocenters. The van der Waals surface area contributed by atoms with E-state index in [1.165, 1.54) is 20.3 Å². The molecule has 3 N–H and O–H groups in total. The van der Waals surface area contributed by atoms with E-state index >= 15 is 0 Å². The van der Waals surface area contributed by atoms with E-state index in [2.05, 4.69) is 11.8 Å². The van der Waals surface area contributed by atoms with Crippen molar-refractivity contribution in [3.05, 3.63) is 48.5 Å². The lowest BCUT2D eigenvalue weighted by Gasteiger charge is -2.18. The van der Waals surface area contributed by atoms with E-state index in [0.29, 0.717) is 22.4 Å². The number of methoxy groups -OCH3 is 2. The summed E-state index contributed by atoms with van der Waals surface area (Å²) in [6.45, 7) is 0.0867. The molecule has 0 radical (unpaired) electrons. The van der Waals surface area contributed by atoms with Crippen molar-refractivity contribution in [3.63, 3.8) is 0 Å². The molecule has 3 rings (SSSR count). The first-order chi connectivity index (χ1) is 15.0. The number of benzene rings is 3. The molecule has 0 aliphatic rings. The lowest BCUT2D eigenvalue weighted by Crippen LogP contribution is -1.97. The van der Waals surface area contributed by atoms with Gasteiger partial charge in [0.05, 0.1) is 25.7 Å². The van der Waals surface area contributed by atoms with E-state index in [9.17, 15) is 15.3 Å². The molecule has 0 aromatic heterocycles. The SMILES string of the molecule is COc1cc(-c2ccc(O)cc2)c(OC)c(O)c1-c1ccc(OCC#CCCl)c(O)c1. The van der Waals surface area contributed by atoms with E-state index < -0.39 is 0 Å². The minimum Gasteiger partial charge on any atom is -0.508 e. The zero-order valence-electron chi connectivity index (χ0n) is 17.0. The van der Waals surface area contributed by atoms with Crippen LogP contribution in [-0.2, 0) is 0 Å². The Bertz CT molecular complexity index is 1130. The lowest BCUT2D eigenvalue weighted by atomic mass is 9.96. The van der Waals surface area contributed by atoms with Crippen LogP contribution in [0.25, 0.3) is 22.3 Å². The summed E-state index contributed by atoms with van der Waals surface area (Å²) in [5, 5.41) is 30.9. The van der Waals surface area contributed by atoms with E-state index in [-0.39, 0.29) is 41.2 Å². The number of halogens is 1. The Morgan fingerprint density at radius 3 is 2.16 bits per heavy atom. The fraction of sp³-hybridized carbons (Fsp3) is 0.167. The average Bonchev–Trinajstić information content (AvgIpc) is 2.77. The molecule has 0 saturated heterocycles. The summed E-state index contributed by atoms with van der Waals surface area (Å²) in [7, 11) is 2.93. The van der Waals surface area contributed by atoms with Gasteiger partial charge in [-0.25, -0.2) is 0 Å². The van der Waals surface area contributed by atoms with Crippen molar-refractivity contribution in [2.24, 2.45) is 0 Å². The highest BCUT2D eigenvalue weighted by molar-refractivity contribution is 6.19. The van der Waals surface area contributed by atoms with Crippen molar-refractivity contribution in [2.75, 3.05) is 26.7 Å². The number of phenolic OH excluding ortho intramolecular Hbond substituents is 3. The van der Waals surface area contributed by atoms with E-state index in [0.717, 1.165) is 5.56 Å². The smallest absolute Gasteiger partial charge is 0.170 e. The molecule has 0 heterocycles. The summed E-state index contributed by atoms with van der Waals surface area (Å²) >= 11 is 5.49.